The van der Waals surface area contributed by atoms with Crippen LogP contribution < -0.4 is 10.1 Å². The largest absolute Gasteiger partial charge is 0.481 e. The maximum absolute atomic E-state index is 11.8. The van der Waals surface area contributed by atoms with E-state index < -0.39 is 5.97 Å². The molecule has 0 fully saturated rings. The lowest BCUT2D eigenvalue weighted by Crippen LogP contribution is -2.26. The van der Waals surface area contributed by atoms with Crippen LogP contribution in [0, 0.1) is 6.92 Å². The second kappa shape index (κ2) is 5.17. The Bertz CT molecular complexity index is 739. The van der Waals surface area contributed by atoms with Gasteiger partial charge in [-0.25, -0.2) is 9.78 Å². The Morgan fingerprint density at radius 1 is 1.48 bits per heavy atom. The third kappa shape index (κ3) is 2.47. The van der Waals surface area contributed by atoms with Crippen molar-refractivity contribution in [1.29, 1.82) is 0 Å². The van der Waals surface area contributed by atoms with Gasteiger partial charge in [-0.1, -0.05) is 0 Å². The maximum atomic E-state index is 11.8. The van der Waals surface area contributed by atoms with E-state index in [1.54, 1.807) is 18.3 Å². The Balaban J connectivity index is 2.19. The SMILES string of the molecule is COC(=O)c1cc2c(c(-c3ncc(C)s3)c1)OCC(=O)N2. The van der Waals surface area contributed by atoms with Gasteiger partial charge in [-0.2, -0.15) is 0 Å². The summed E-state index contributed by atoms with van der Waals surface area (Å²) in [6.07, 6.45) is 1.75. The van der Waals surface area contributed by atoms with Crippen molar-refractivity contribution in [3.63, 3.8) is 0 Å². The van der Waals surface area contributed by atoms with E-state index in [1.165, 1.54) is 18.4 Å². The average molecular weight is 304 g/mol. The highest BCUT2D eigenvalue weighted by molar-refractivity contribution is 7.15. The number of aryl methyl sites for hydroxylation is 1. The highest BCUT2D eigenvalue weighted by atomic mass is 32.1. The topological polar surface area (TPSA) is 77.5 Å². The molecule has 6 nitrogen and oxygen atoms in total. The molecule has 0 saturated carbocycles. The Morgan fingerprint density at radius 3 is 2.95 bits per heavy atom. The molecule has 21 heavy (non-hydrogen) atoms. The van der Waals surface area contributed by atoms with Gasteiger partial charge in [0.05, 0.1) is 23.9 Å². The number of rotatable bonds is 2. The fraction of sp³-hybridized carbons (Fsp3) is 0.214. The number of carbonyl (C=O) groups is 2. The van der Waals surface area contributed by atoms with Gasteiger partial charge in [0.1, 0.15) is 5.01 Å². The number of fused-ring (bicyclic) bond motifs is 1. The van der Waals surface area contributed by atoms with E-state index in [1.807, 2.05) is 6.92 Å². The number of anilines is 1. The lowest BCUT2D eigenvalue weighted by atomic mass is 10.1. The summed E-state index contributed by atoms with van der Waals surface area (Å²) in [7, 11) is 1.31. The number of esters is 1. The molecule has 0 aliphatic carbocycles. The summed E-state index contributed by atoms with van der Waals surface area (Å²) in [4.78, 5) is 28.6. The molecule has 1 N–H and O–H groups in total. The molecular formula is C14H12N2O4S. The van der Waals surface area contributed by atoms with E-state index in [9.17, 15) is 9.59 Å². The number of methoxy groups -OCH3 is 1. The van der Waals surface area contributed by atoms with Gasteiger partial charge < -0.3 is 14.8 Å². The van der Waals surface area contributed by atoms with Crippen LogP contribution in [0.1, 0.15) is 15.2 Å². The zero-order chi connectivity index (χ0) is 15.0. The van der Waals surface area contributed by atoms with Gasteiger partial charge in [0.2, 0.25) is 0 Å². The summed E-state index contributed by atoms with van der Waals surface area (Å²) in [5.41, 5.74) is 1.47. The summed E-state index contributed by atoms with van der Waals surface area (Å²) in [5, 5.41) is 3.43. The third-order valence-corrected chi connectivity index (χ3v) is 3.93. The first-order chi connectivity index (χ1) is 10.1. The molecule has 1 aliphatic rings. The van der Waals surface area contributed by atoms with E-state index in [4.69, 9.17) is 9.47 Å². The van der Waals surface area contributed by atoms with Crippen LogP contribution in [0.4, 0.5) is 5.69 Å². The van der Waals surface area contributed by atoms with E-state index in [0.717, 1.165) is 9.88 Å². The zero-order valence-corrected chi connectivity index (χ0v) is 12.2. The van der Waals surface area contributed by atoms with Gasteiger partial charge in [0.15, 0.2) is 12.4 Å². The van der Waals surface area contributed by atoms with E-state index >= 15 is 0 Å². The Labute approximate surface area is 124 Å². The molecule has 7 heteroatoms. The molecule has 2 aromatic rings. The van der Waals surface area contributed by atoms with Gasteiger partial charge >= 0.3 is 5.97 Å². The van der Waals surface area contributed by atoms with Crippen LogP contribution in [-0.2, 0) is 9.53 Å². The lowest BCUT2D eigenvalue weighted by molar-refractivity contribution is -0.118. The molecule has 2 heterocycles. The molecule has 1 aromatic heterocycles. The van der Waals surface area contributed by atoms with Crippen molar-refractivity contribution in [3.8, 4) is 16.3 Å². The second-order valence-electron chi connectivity index (χ2n) is 4.50. The molecule has 1 aromatic carbocycles. The number of nitrogens with zero attached hydrogens (tertiary/aromatic N) is 1. The highest BCUT2D eigenvalue weighted by Gasteiger charge is 2.24. The van der Waals surface area contributed by atoms with Gasteiger partial charge in [-0.15, -0.1) is 11.3 Å². The summed E-state index contributed by atoms with van der Waals surface area (Å²) in [6, 6.07) is 3.21. The van der Waals surface area contributed by atoms with Gasteiger partial charge in [0.25, 0.3) is 5.91 Å². The number of amides is 1. The normalized spacial score (nSPS) is 13.1. The average Bonchev–Trinajstić information content (AvgIpc) is 2.91. The molecule has 0 atom stereocenters. The predicted molar refractivity (Wildman–Crippen MR) is 77.8 cm³/mol. The molecular weight excluding hydrogens is 292 g/mol. The maximum Gasteiger partial charge on any atom is 0.337 e. The summed E-state index contributed by atoms with van der Waals surface area (Å²) in [5.74, 6) is -0.213. The zero-order valence-electron chi connectivity index (χ0n) is 11.4. The summed E-state index contributed by atoms with van der Waals surface area (Å²) >= 11 is 1.49. The summed E-state index contributed by atoms with van der Waals surface area (Å²) < 4.78 is 10.2. The fourth-order valence-corrected chi connectivity index (χ4v) is 2.85. The van der Waals surface area contributed by atoms with Gasteiger partial charge in [0, 0.05) is 11.1 Å². The van der Waals surface area contributed by atoms with Crippen LogP contribution in [0.25, 0.3) is 10.6 Å². The molecule has 3 rings (SSSR count). The van der Waals surface area contributed by atoms with Crippen molar-refractivity contribution in [1.82, 2.24) is 4.98 Å². The number of thiazole rings is 1. The number of hydrogen-bond donors (Lipinski definition) is 1. The Kier molecular flexibility index (Phi) is 3.34. The number of ether oxygens (including phenoxy) is 2. The Hall–Kier alpha value is -2.41. The minimum Gasteiger partial charge on any atom is -0.481 e. The molecule has 1 aliphatic heterocycles. The molecule has 0 unspecified atom stereocenters. The number of carbonyl (C=O) groups excluding carboxylic acids is 2. The molecule has 0 radical (unpaired) electrons. The molecule has 0 saturated heterocycles. The van der Waals surface area contributed by atoms with Crippen molar-refractivity contribution in [3.05, 3.63) is 28.8 Å². The minimum absolute atomic E-state index is 0.0536. The van der Waals surface area contributed by atoms with Crippen LogP contribution in [-0.4, -0.2) is 30.6 Å². The van der Waals surface area contributed by atoms with E-state index in [0.29, 0.717) is 22.6 Å². The quantitative estimate of drug-likeness (QED) is 0.861. The first kappa shape index (κ1) is 13.6. The number of aromatic nitrogens is 1. The highest BCUT2D eigenvalue weighted by Crippen LogP contribution is 2.41. The number of nitrogens with one attached hydrogen (secondary N) is 1. The predicted octanol–water partition coefficient (Wildman–Crippen LogP) is 2.24. The molecule has 0 spiro atoms. The van der Waals surface area contributed by atoms with Crippen molar-refractivity contribution < 1.29 is 19.1 Å². The lowest BCUT2D eigenvalue weighted by Gasteiger charge is -2.21. The van der Waals surface area contributed by atoms with Crippen LogP contribution in [0.2, 0.25) is 0 Å². The molecule has 0 bridgehead atoms. The summed E-state index contributed by atoms with van der Waals surface area (Å²) in [6.45, 7) is 1.89. The first-order valence-electron chi connectivity index (χ1n) is 6.20. The van der Waals surface area contributed by atoms with Crippen LogP contribution in [0.3, 0.4) is 0 Å². The second-order valence-corrected chi connectivity index (χ2v) is 5.74. The smallest absolute Gasteiger partial charge is 0.337 e. The fourth-order valence-electron chi connectivity index (χ4n) is 2.08. The van der Waals surface area contributed by atoms with Gasteiger partial charge in [-0.05, 0) is 19.1 Å². The van der Waals surface area contributed by atoms with Crippen molar-refractivity contribution in [2.45, 2.75) is 6.92 Å². The third-order valence-electron chi connectivity index (χ3n) is 2.98. The molecule has 1 amide bonds. The number of benzene rings is 1. The van der Waals surface area contributed by atoms with E-state index in [2.05, 4.69) is 10.3 Å². The monoisotopic (exact) mass is 304 g/mol. The number of hydrogen-bond acceptors (Lipinski definition) is 6. The van der Waals surface area contributed by atoms with Crippen molar-refractivity contribution in [2.75, 3.05) is 19.0 Å². The van der Waals surface area contributed by atoms with E-state index in [-0.39, 0.29) is 12.5 Å². The van der Waals surface area contributed by atoms with Crippen LogP contribution in [0.5, 0.6) is 5.75 Å². The van der Waals surface area contributed by atoms with Crippen LogP contribution >= 0.6 is 11.3 Å². The first-order valence-corrected chi connectivity index (χ1v) is 7.02. The molecule has 108 valence electrons. The van der Waals surface area contributed by atoms with Crippen molar-refractivity contribution in [2.24, 2.45) is 0 Å². The van der Waals surface area contributed by atoms with Gasteiger partial charge in [-0.3, -0.25) is 4.79 Å². The Morgan fingerprint density at radius 2 is 2.29 bits per heavy atom. The standard InChI is InChI=1S/C14H12N2O4S/c1-7-5-15-13(21-7)9-3-8(14(18)19-2)4-10-12(9)20-6-11(17)16-10/h3-5H,6H2,1-2H3,(H,16,17). The van der Waals surface area contributed by atoms with Crippen LogP contribution in [0.15, 0.2) is 18.3 Å². The minimum atomic E-state index is -0.479. The van der Waals surface area contributed by atoms with Crippen molar-refractivity contribution >= 4 is 28.9 Å².